The van der Waals surface area contributed by atoms with Crippen LogP contribution in [0.2, 0.25) is 6.55 Å². The summed E-state index contributed by atoms with van der Waals surface area (Å²) in [6.45, 7) is 2.26. The van der Waals surface area contributed by atoms with Crippen LogP contribution in [0.3, 0.4) is 0 Å². The maximum atomic E-state index is 5.04. The van der Waals surface area contributed by atoms with Gasteiger partial charge < -0.3 is 8.83 Å². The van der Waals surface area contributed by atoms with Crippen LogP contribution in [-0.4, -0.2) is 8.80 Å². The lowest BCUT2D eigenvalue weighted by Gasteiger charge is -2.01. The second-order valence-corrected chi connectivity index (χ2v) is 5.61. The Bertz CT molecular complexity index is 289. The maximum Gasteiger partial charge on any atom is 0.108 e. The fraction of sp³-hybridized carbons (Fsp3) is 0.111. The highest BCUT2D eigenvalue weighted by atomic mass is 28.3. The highest BCUT2D eigenvalue weighted by Crippen LogP contribution is 1.92. The lowest BCUT2D eigenvalue weighted by Crippen LogP contribution is -2.37. The summed E-state index contributed by atoms with van der Waals surface area (Å²) in [4.78, 5) is 0. The summed E-state index contributed by atoms with van der Waals surface area (Å²) in [5.41, 5.74) is 0. The summed E-state index contributed by atoms with van der Waals surface area (Å²) in [5, 5.41) is 2.63. The van der Waals surface area contributed by atoms with E-state index in [1.165, 1.54) is 10.4 Å². The van der Waals surface area contributed by atoms with Gasteiger partial charge in [0.05, 0.1) is 25.1 Å². The zero-order chi connectivity index (χ0) is 8.39. The molecule has 2 aromatic rings. The topological polar surface area (TPSA) is 26.3 Å². The molecule has 2 nitrogen and oxygen atoms in total. The minimum atomic E-state index is -1.01. The van der Waals surface area contributed by atoms with Crippen molar-refractivity contribution in [1.29, 1.82) is 0 Å². The van der Waals surface area contributed by atoms with Crippen LogP contribution in [0.15, 0.2) is 46.0 Å². The molecule has 0 saturated carbocycles. The second kappa shape index (κ2) is 3.03. The molecule has 0 aliphatic heterocycles. The van der Waals surface area contributed by atoms with Gasteiger partial charge in [-0.2, -0.15) is 0 Å². The van der Waals surface area contributed by atoms with Crippen LogP contribution in [0.1, 0.15) is 0 Å². The first kappa shape index (κ1) is 7.43. The summed E-state index contributed by atoms with van der Waals surface area (Å²) in [7, 11) is -1.01. The third-order valence-corrected chi connectivity index (χ3v) is 4.74. The molecule has 0 N–H and O–H groups in total. The Morgan fingerprint density at radius 1 is 1.00 bits per heavy atom. The van der Waals surface area contributed by atoms with Crippen molar-refractivity contribution in [2.75, 3.05) is 0 Å². The van der Waals surface area contributed by atoms with Gasteiger partial charge in [0.15, 0.2) is 0 Å². The average molecular weight is 178 g/mol. The second-order valence-electron chi connectivity index (χ2n) is 2.84. The Labute approximate surface area is 72.4 Å². The van der Waals surface area contributed by atoms with E-state index in [4.69, 9.17) is 8.83 Å². The molecule has 62 valence electrons. The van der Waals surface area contributed by atoms with Crippen molar-refractivity contribution in [3.63, 3.8) is 0 Å². The summed E-state index contributed by atoms with van der Waals surface area (Å²) >= 11 is 0. The van der Waals surface area contributed by atoms with Gasteiger partial charge in [-0.1, -0.05) is 6.55 Å². The van der Waals surface area contributed by atoms with E-state index in [2.05, 4.69) is 6.55 Å². The van der Waals surface area contributed by atoms with Crippen molar-refractivity contribution < 1.29 is 8.83 Å². The average Bonchev–Trinajstić information content (AvgIpc) is 2.77. The first-order valence-electron chi connectivity index (χ1n) is 3.92. The SMILES string of the molecule is C[SiH](c1ccoc1)c1ccoc1. The Kier molecular flexibility index (Phi) is 1.87. The van der Waals surface area contributed by atoms with Crippen LogP contribution >= 0.6 is 0 Å². The third-order valence-electron chi connectivity index (χ3n) is 2.09. The molecule has 2 aromatic heterocycles. The van der Waals surface area contributed by atoms with Gasteiger partial charge in [0, 0.05) is 0 Å². The van der Waals surface area contributed by atoms with E-state index in [0.29, 0.717) is 0 Å². The molecule has 3 heteroatoms. The molecule has 0 bridgehead atoms. The van der Waals surface area contributed by atoms with E-state index in [1.54, 1.807) is 12.5 Å². The molecule has 12 heavy (non-hydrogen) atoms. The van der Waals surface area contributed by atoms with E-state index in [9.17, 15) is 0 Å². The minimum Gasteiger partial charge on any atom is -0.473 e. The van der Waals surface area contributed by atoms with Gasteiger partial charge in [0.25, 0.3) is 0 Å². The lowest BCUT2D eigenvalue weighted by atomic mass is 10.6. The zero-order valence-corrected chi connectivity index (χ0v) is 8.01. The molecular weight excluding hydrogens is 168 g/mol. The quantitative estimate of drug-likeness (QED) is 0.637. The van der Waals surface area contributed by atoms with Gasteiger partial charge in [-0.3, -0.25) is 0 Å². The van der Waals surface area contributed by atoms with Crippen LogP contribution in [0.4, 0.5) is 0 Å². The molecular formula is C9H10O2Si. The van der Waals surface area contributed by atoms with E-state index in [1.807, 2.05) is 24.7 Å². The van der Waals surface area contributed by atoms with Gasteiger partial charge in [0.2, 0.25) is 0 Å². The van der Waals surface area contributed by atoms with Crippen molar-refractivity contribution in [2.24, 2.45) is 0 Å². The number of furan rings is 2. The molecule has 0 aromatic carbocycles. The summed E-state index contributed by atoms with van der Waals surface area (Å²) in [6.07, 6.45) is 7.09. The monoisotopic (exact) mass is 178 g/mol. The van der Waals surface area contributed by atoms with Gasteiger partial charge in [-0.15, -0.1) is 0 Å². The minimum absolute atomic E-state index is 1.01. The molecule has 2 rings (SSSR count). The smallest absolute Gasteiger partial charge is 0.108 e. The largest absolute Gasteiger partial charge is 0.473 e. The fourth-order valence-corrected chi connectivity index (χ4v) is 2.92. The standard InChI is InChI=1S/C9H10O2Si/c1-12(8-2-4-10-6-8)9-3-5-11-7-9/h2-7,12H,1H3. The molecule has 0 saturated heterocycles. The van der Waals surface area contributed by atoms with Gasteiger partial charge in [-0.05, 0) is 22.5 Å². The van der Waals surface area contributed by atoms with Crippen molar-refractivity contribution >= 4 is 19.2 Å². The van der Waals surface area contributed by atoms with Crippen LogP contribution in [0.25, 0.3) is 0 Å². The Hall–Kier alpha value is -1.22. The van der Waals surface area contributed by atoms with E-state index < -0.39 is 8.80 Å². The van der Waals surface area contributed by atoms with Crippen molar-refractivity contribution in [3.05, 3.63) is 37.2 Å². The predicted octanol–water partition coefficient (Wildman–Crippen LogP) is 0.844. The van der Waals surface area contributed by atoms with Gasteiger partial charge in [0.1, 0.15) is 8.80 Å². The molecule has 0 spiro atoms. The highest BCUT2D eigenvalue weighted by Gasteiger charge is 2.11. The first-order chi connectivity index (χ1) is 5.88. The molecule has 0 radical (unpaired) electrons. The number of rotatable bonds is 2. The first-order valence-corrected chi connectivity index (χ1v) is 6.23. The Morgan fingerprint density at radius 3 is 1.83 bits per heavy atom. The molecule has 0 aliphatic rings. The van der Waals surface area contributed by atoms with Crippen molar-refractivity contribution in [2.45, 2.75) is 6.55 Å². The number of hydrogen-bond donors (Lipinski definition) is 0. The zero-order valence-electron chi connectivity index (χ0n) is 6.86. The highest BCUT2D eigenvalue weighted by molar-refractivity contribution is 6.84. The van der Waals surface area contributed by atoms with E-state index in [-0.39, 0.29) is 0 Å². The fourth-order valence-electron chi connectivity index (χ4n) is 1.24. The number of hydrogen-bond acceptors (Lipinski definition) is 2. The van der Waals surface area contributed by atoms with E-state index in [0.717, 1.165) is 0 Å². The normalized spacial score (nSPS) is 10.8. The van der Waals surface area contributed by atoms with Crippen LogP contribution in [0, 0.1) is 0 Å². The molecule has 0 fully saturated rings. The van der Waals surface area contributed by atoms with Gasteiger partial charge in [-0.25, -0.2) is 0 Å². The predicted molar refractivity (Wildman–Crippen MR) is 49.7 cm³/mol. The molecule has 0 unspecified atom stereocenters. The summed E-state index contributed by atoms with van der Waals surface area (Å²) in [6, 6.07) is 4.06. The lowest BCUT2D eigenvalue weighted by molar-refractivity contribution is 0.568. The van der Waals surface area contributed by atoms with Crippen LogP contribution < -0.4 is 10.4 Å². The van der Waals surface area contributed by atoms with Crippen molar-refractivity contribution in [1.82, 2.24) is 0 Å². The summed E-state index contributed by atoms with van der Waals surface area (Å²) < 4.78 is 10.1. The summed E-state index contributed by atoms with van der Waals surface area (Å²) in [5.74, 6) is 0. The Morgan fingerprint density at radius 2 is 1.50 bits per heavy atom. The molecule has 2 heterocycles. The van der Waals surface area contributed by atoms with E-state index >= 15 is 0 Å². The van der Waals surface area contributed by atoms with Crippen molar-refractivity contribution in [3.8, 4) is 0 Å². The molecule has 0 aliphatic carbocycles. The van der Waals surface area contributed by atoms with Gasteiger partial charge >= 0.3 is 0 Å². The third kappa shape index (κ3) is 1.23. The Balaban J connectivity index is 2.27. The molecule has 0 atom stereocenters. The molecule has 0 amide bonds. The maximum absolute atomic E-state index is 5.04. The van der Waals surface area contributed by atoms with Crippen LogP contribution in [0.5, 0.6) is 0 Å². The van der Waals surface area contributed by atoms with Crippen LogP contribution in [-0.2, 0) is 0 Å².